The zero-order chi connectivity index (χ0) is 38.7. The molecule has 0 aromatic carbocycles. The lowest BCUT2D eigenvalue weighted by Gasteiger charge is -2.46. The highest BCUT2D eigenvalue weighted by atomic mass is 16.2. The van der Waals surface area contributed by atoms with E-state index >= 15 is 0 Å². The molecule has 3 rings (SSSR count). The molecular formula is C38H67N7O6. The van der Waals surface area contributed by atoms with Gasteiger partial charge in [0.1, 0.15) is 12.1 Å². The van der Waals surface area contributed by atoms with E-state index in [1.807, 2.05) is 41.5 Å². The number of hydrogen-bond donors (Lipinski definition) is 6. The predicted octanol–water partition coefficient (Wildman–Crippen LogP) is 3.00. The third kappa shape index (κ3) is 10.0. The summed E-state index contributed by atoms with van der Waals surface area (Å²) in [7, 11) is 1.70. The number of primary amides is 1. The van der Waals surface area contributed by atoms with Crippen molar-refractivity contribution in [1.82, 2.24) is 31.5 Å². The number of Topliss-reactive ketones (excluding diaryl/α,β-unsaturated/α-hetero) is 1. The van der Waals surface area contributed by atoms with Crippen LogP contribution in [0.1, 0.15) is 121 Å². The number of amides is 6. The number of urea groups is 1. The normalized spacial score (nSPS) is 23.4. The molecule has 0 aromatic rings. The third-order valence-corrected chi connectivity index (χ3v) is 12.1. The molecule has 13 nitrogen and oxygen atoms in total. The standard InChI is InChI=1S/C38H67N7O6/c1-22(2)38(24-16-13-17-24)19-26(31(48)42-25(28(46)30(39)47)18-23-14-12-15-23)45(21-38)32(49)29(36(6,7)8)44-34(51)43-27(35(3,4)5)20-41-33(50)37(9,10)40-11/h22-27,29,40H,12-21H2,1-11H3,(H2,39,47)(H,41,50)(H,42,48)(H2,43,44,51)/t25?,26-,27+,29+,38+/m0/s1. The Bertz CT molecular complexity index is 1310. The van der Waals surface area contributed by atoms with Gasteiger partial charge < -0.3 is 37.2 Å². The first-order valence-corrected chi connectivity index (χ1v) is 18.9. The van der Waals surface area contributed by atoms with E-state index in [0.717, 1.165) is 38.5 Å². The largest absolute Gasteiger partial charge is 0.363 e. The van der Waals surface area contributed by atoms with Gasteiger partial charge in [-0.15, -0.1) is 0 Å². The fraction of sp³-hybridized carbons (Fsp3) is 0.842. The number of nitrogens with one attached hydrogen (secondary N) is 5. The molecule has 0 radical (unpaired) electrons. The quantitative estimate of drug-likeness (QED) is 0.140. The molecule has 13 heteroatoms. The number of rotatable bonds is 15. The Labute approximate surface area is 305 Å². The highest BCUT2D eigenvalue weighted by Gasteiger charge is 2.56. The van der Waals surface area contributed by atoms with Crippen molar-refractivity contribution < 1.29 is 28.8 Å². The molecule has 0 spiro atoms. The van der Waals surface area contributed by atoms with E-state index in [1.54, 1.807) is 25.8 Å². The van der Waals surface area contributed by atoms with Crippen molar-refractivity contribution in [1.29, 1.82) is 0 Å². The number of carbonyl (C=O) groups is 6. The van der Waals surface area contributed by atoms with Crippen molar-refractivity contribution in [2.45, 2.75) is 150 Å². The predicted molar refractivity (Wildman–Crippen MR) is 197 cm³/mol. The smallest absolute Gasteiger partial charge is 0.315 e. The van der Waals surface area contributed by atoms with E-state index in [4.69, 9.17) is 5.73 Å². The van der Waals surface area contributed by atoms with E-state index in [1.165, 1.54) is 0 Å². The fourth-order valence-electron chi connectivity index (χ4n) is 7.58. The van der Waals surface area contributed by atoms with Gasteiger partial charge >= 0.3 is 6.03 Å². The number of hydrogen-bond acceptors (Lipinski definition) is 7. The summed E-state index contributed by atoms with van der Waals surface area (Å²) in [6.45, 7) is 19.8. The van der Waals surface area contributed by atoms with Gasteiger partial charge in [-0.3, -0.25) is 24.0 Å². The lowest BCUT2D eigenvalue weighted by Crippen LogP contribution is -2.62. The summed E-state index contributed by atoms with van der Waals surface area (Å²) < 4.78 is 0. The van der Waals surface area contributed by atoms with Gasteiger partial charge in [-0.05, 0) is 80.6 Å². The van der Waals surface area contributed by atoms with Crippen molar-refractivity contribution in [3.05, 3.63) is 0 Å². The maximum atomic E-state index is 14.8. The van der Waals surface area contributed by atoms with Crippen LogP contribution in [-0.2, 0) is 24.0 Å². The van der Waals surface area contributed by atoms with Gasteiger partial charge in [-0.2, -0.15) is 0 Å². The minimum atomic E-state index is -1.09. The second kappa shape index (κ2) is 16.2. The maximum absolute atomic E-state index is 14.8. The van der Waals surface area contributed by atoms with Crippen LogP contribution in [0.5, 0.6) is 0 Å². The molecule has 3 fully saturated rings. The summed E-state index contributed by atoms with van der Waals surface area (Å²) >= 11 is 0. The number of likely N-dealkylation sites (N-methyl/N-ethyl adjacent to an activating group) is 1. The molecule has 0 aromatic heterocycles. The van der Waals surface area contributed by atoms with Crippen LogP contribution in [-0.4, -0.2) is 90.2 Å². The Kier molecular flexibility index (Phi) is 13.4. The van der Waals surface area contributed by atoms with Gasteiger partial charge in [0.25, 0.3) is 5.91 Å². The zero-order valence-corrected chi connectivity index (χ0v) is 33.1. The Morgan fingerprint density at radius 2 is 1.43 bits per heavy atom. The van der Waals surface area contributed by atoms with E-state index < -0.39 is 64.2 Å². The molecule has 1 saturated heterocycles. The van der Waals surface area contributed by atoms with Gasteiger partial charge in [0.05, 0.1) is 17.6 Å². The molecule has 1 aliphatic heterocycles. The fourth-order valence-corrected chi connectivity index (χ4v) is 7.58. The summed E-state index contributed by atoms with van der Waals surface area (Å²) in [5.74, 6) is -2.27. The van der Waals surface area contributed by atoms with E-state index in [0.29, 0.717) is 25.3 Å². The van der Waals surface area contributed by atoms with Gasteiger partial charge in [0.2, 0.25) is 23.5 Å². The van der Waals surface area contributed by atoms with Gasteiger partial charge in [0.15, 0.2) is 0 Å². The minimum absolute atomic E-state index is 0.161. The van der Waals surface area contributed by atoms with E-state index in [9.17, 15) is 28.8 Å². The summed E-state index contributed by atoms with van der Waals surface area (Å²) in [5.41, 5.74) is 3.09. The topological polar surface area (TPSA) is 192 Å². The second-order valence-corrected chi connectivity index (χ2v) is 18.4. The van der Waals surface area contributed by atoms with Crippen molar-refractivity contribution in [3.63, 3.8) is 0 Å². The number of likely N-dealkylation sites (tertiary alicyclic amines) is 1. The van der Waals surface area contributed by atoms with Crippen molar-refractivity contribution in [2.24, 2.45) is 39.7 Å². The summed E-state index contributed by atoms with van der Waals surface area (Å²) in [5, 5.41) is 14.7. The SMILES string of the molecule is CNC(C)(C)C(=O)NC[C@@H](NC(=O)N[C@H](C(=O)N1C[C@](C(C)C)(C2CCC2)C[C@H]1C(=O)NC(CC1CCC1)C(=O)C(N)=O)C(C)(C)C)C(C)(C)C. The third-order valence-electron chi connectivity index (χ3n) is 12.1. The number of carbonyl (C=O) groups excluding carboxylic acids is 6. The van der Waals surface area contributed by atoms with Gasteiger partial charge in [0, 0.05) is 13.1 Å². The molecule has 290 valence electrons. The molecule has 3 aliphatic rings. The van der Waals surface area contributed by atoms with Crippen LogP contribution in [0.2, 0.25) is 0 Å². The van der Waals surface area contributed by atoms with Gasteiger partial charge in [-0.25, -0.2) is 4.79 Å². The molecular weight excluding hydrogens is 650 g/mol. The summed E-state index contributed by atoms with van der Waals surface area (Å²) in [6, 6.07) is -3.99. The number of ketones is 1. The first-order valence-electron chi connectivity index (χ1n) is 18.9. The van der Waals surface area contributed by atoms with Crippen LogP contribution in [0.15, 0.2) is 0 Å². The van der Waals surface area contributed by atoms with Crippen molar-refractivity contribution >= 4 is 35.4 Å². The first kappa shape index (κ1) is 42.2. The number of nitrogens with two attached hydrogens (primary N) is 1. The summed E-state index contributed by atoms with van der Waals surface area (Å²) in [4.78, 5) is 82.1. The molecule has 1 unspecified atom stereocenters. The monoisotopic (exact) mass is 718 g/mol. The van der Waals surface area contributed by atoms with Crippen molar-refractivity contribution in [2.75, 3.05) is 20.1 Å². The molecule has 0 bridgehead atoms. The molecule has 7 N–H and O–H groups in total. The van der Waals surface area contributed by atoms with Crippen LogP contribution in [0, 0.1) is 34.0 Å². The Balaban J connectivity index is 1.91. The Hall–Kier alpha value is -3.22. The van der Waals surface area contributed by atoms with E-state index in [2.05, 4.69) is 40.4 Å². The van der Waals surface area contributed by atoms with Crippen LogP contribution < -0.4 is 32.3 Å². The molecule has 2 aliphatic carbocycles. The summed E-state index contributed by atoms with van der Waals surface area (Å²) in [6.07, 6.45) is 6.75. The lowest BCUT2D eigenvalue weighted by molar-refractivity contribution is -0.143. The average Bonchev–Trinajstić information content (AvgIpc) is 3.37. The molecule has 5 atom stereocenters. The first-order chi connectivity index (χ1) is 23.4. The number of nitrogens with zero attached hydrogens (tertiary/aromatic N) is 1. The molecule has 6 amide bonds. The highest BCUT2D eigenvalue weighted by Crippen LogP contribution is 2.54. The van der Waals surface area contributed by atoms with Crippen LogP contribution in [0.3, 0.4) is 0 Å². The molecule has 51 heavy (non-hydrogen) atoms. The van der Waals surface area contributed by atoms with Crippen LogP contribution in [0.25, 0.3) is 0 Å². The van der Waals surface area contributed by atoms with Crippen LogP contribution in [0.4, 0.5) is 4.79 Å². The zero-order valence-electron chi connectivity index (χ0n) is 33.1. The van der Waals surface area contributed by atoms with Crippen molar-refractivity contribution in [3.8, 4) is 0 Å². The Morgan fingerprint density at radius 3 is 1.86 bits per heavy atom. The van der Waals surface area contributed by atoms with Crippen LogP contribution >= 0.6 is 0 Å². The highest BCUT2D eigenvalue weighted by molar-refractivity contribution is 6.37. The molecule has 2 saturated carbocycles. The minimum Gasteiger partial charge on any atom is -0.363 e. The second-order valence-electron chi connectivity index (χ2n) is 18.4. The average molecular weight is 718 g/mol. The Morgan fingerprint density at radius 1 is 0.843 bits per heavy atom. The van der Waals surface area contributed by atoms with Gasteiger partial charge in [-0.1, -0.05) is 81.1 Å². The maximum Gasteiger partial charge on any atom is 0.315 e. The molecule has 1 heterocycles. The van der Waals surface area contributed by atoms with E-state index in [-0.39, 0.29) is 35.6 Å². The lowest BCUT2D eigenvalue weighted by atomic mass is 9.59.